The molecule has 2 N–H and O–H groups in total. The van der Waals surface area contributed by atoms with Gasteiger partial charge < -0.3 is 5.11 Å². The molecule has 1 rings (SSSR count). The Kier molecular flexibility index (Phi) is 4.48. The lowest BCUT2D eigenvalue weighted by Gasteiger charge is -2.11. The molecule has 0 aliphatic carbocycles. The summed E-state index contributed by atoms with van der Waals surface area (Å²) in [6, 6.07) is 5.26. The molecule has 0 saturated heterocycles. The highest BCUT2D eigenvalue weighted by molar-refractivity contribution is 7.89. The van der Waals surface area contributed by atoms with E-state index in [1.54, 1.807) is 12.1 Å². The van der Waals surface area contributed by atoms with Crippen LogP contribution >= 0.6 is 0 Å². The van der Waals surface area contributed by atoms with Crippen molar-refractivity contribution < 1.29 is 18.3 Å². The Hall–Kier alpha value is -1.40. The van der Waals surface area contributed by atoms with Gasteiger partial charge in [-0.25, -0.2) is 8.42 Å². The molecule has 100 valence electrons. The van der Waals surface area contributed by atoms with Crippen LogP contribution in [0.25, 0.3) is 0 Å². The van der Waals surface area contributed by atoms with Crippen LogP contribution in [0, 0.1) is 0 Å². The molecule has 0 fully saturated rings. The van der Waals surface area contributed by atoms with Gasteiger partial charge in [-0.1, -0.05) is 26.0 Å². The first-order chi connectivity index (χ1) is 8.24. The first kappa shape index (κ1) is 14.7. The second-order valence-electron chi connectivity index (χ2n) is 4.40. The van der Waals surface area contributed by atoms with Crippen molar-refractivity contribution in [3.63, 3.8) is 0 Å². The van der Waals surface area contributed by atoms with Crippen molar-refractivity contribution in [1.82, 2.24) is 4.72 Å². The summed E-state index contributed by atoms with van der Waals surface area (Å²) in [6.45, 7) is 5.30. The highest BCUT2D eigenvalue weighted by Gasteiger charge is 2.21. The van der Waals surface area contributed by atoms with Crippen molar-refractivity contribution in [3.05, 3.63) is 29.8 Å². The highest BCUT2D eigenvalue weighted by Crippen LogP contribution is 2.17. The molecule has 1 aromatic carbocycles. The first-order valence-electron chi connectivity index (χ1n) is 5.59. The quantitative estimate of drug-likeness (QED) is 0.851. The molecular formula is C12H17NO4S. The summed E-state index contributed by atoms with van der Waals surface area (Å²) >= 11 is 0. The Bertz CT molecular complexity index is 520. The first-order valence-corrected chi connectivity index (χ1v) is 7.07. The fraction of sp³-hybridized carbons (Fsp3) is 0.417. The van der Waals surface area contributed by atoms with Crippen molar-refractivity contribution in [2.45, 2.75) is 37.6 Å². The summed E-state index contributed by atoms with van der Waals surface area (Å²) in [4.78, 5) is 10.7. The van der Waals surface area contributed by atoms with Gasteiger partial charge in [0.2, 0.25) is 10.0 Å². The van der Waals surface area contributed by atoms with Gasteiger partial charge in [0.1, 0.15) is 6.04 Å². The number of carboxylic acids is 1. The Morgan fingerprint density at radius 3 is 2.06 bits per heavy atom. The molecule has 0 aromatic heterocycles. The molecule has 5 nitrogen and oxygen atoms in total. The molecule has 0 saturated carbocycles. The number of nitrogens with one attached hydrogen (secondary N) is 1. The second kappa shape index (κ2) is 5.49. The van der Waals surface area contributed by atoms with Gasteiger partial charge in [-0.3, -0.25) is 4.79 Å². The Morgan fingerprint density at radius 1 is 1.17 bits per heavy atom. The molecule has 0 heterocycles. The zero-order chi connectivity index (χ0) is 13.9. The van der Waals surface area contributed by atoms with Crippen LogP contribution < -0.4 is 4.72 Å². The van der Waals surface area contributed by atoms with Crippen LogP contribution in [0.15, 0.2) is 29.2 Å². The number of benzene rings is 1. The van der Waals surface area contributed by atoms with Crippen molar-refractivity contribution in [1.29, 1.82) is 0 Å². The van der Waals surface area contributed by atoms with Gasteiger partial charge in [-0.2, -0.15) is 4.72 Å². The van der Waals surface area contributed by atoms with Gasteiger partial charge in [0.15, 0.2) is 0 Å². The SMILES string of the molecule is CC(C)c1ccc(S(=O)(=O)N[C@@H](C)C(=O)O)cc1. The minimum absolute atomic E-state index is 0.0694. The van der Waals surface area contributed by atoms with E-state index in [9.17, 15) is 13.2 Å². The fourth-order valence-corrected chi connectivity index (χ4v) is 2.58. The maximum Gasteiger partial charge on any atom is 0.321 e. The van der Waals surface area contributed by atoms with Crippen LogP contribution in [0.3, 0.4) is 0 Å². The molecule has 1 atom stereocenters. The molecule has 1 aromatic rings. The molecule has 18 heavy (non-hydrogen) atoms. The molecule has 0 unspecified atom stereocenters. The van der Waals surface area contributed by atoms with E-state index < -0.39 is 22.0 Å². The third-order valence-electron chi connectivity index (χ3n) is 2.56. The smallest absolute Gasteiger partial charge is 0.321 e. The molecule has 0 amide bonds. The average Bonchev–Trinajstić information content (AvgIpc) is 2.28. The van der Waals surface area contributed by atoms with Crippen molar-refractivity contribution in [2.75, 3.05) is 0 Å². The summed E-state index contributed by atoms with van der Waals surface area (Å²) < 4.78 is 25.8. The molecule has 6 heteroatoms. The van der Waals surface area contributed by atoms with Gasteiger partial charge in [0.05, 0.1) is 4.90 Å². The predicted molar refractivity (Wildman–Crippen MR) is 68.0 cm³/mol. The minimum atomic E-state index is -3.78. The van der Waals surface area contributed by atoms with E-state index in [0.29, 0.717) is 5.92 Å². The second-order valence-corrected chi connectivity index (χ2v) is 6.12. The van der Waals surface area contributed by atoms with E-state index in [1.807, 2.05) is 13.8 Å². The predicted octanol–water partition coefficient (Wildman–Crippen LogP) is 1.56. The monoisotopic (exact) mass is 271 g/mol. The van der Waals surface area contributed by atoms with Crippen LogP contribution in [0.4, 0.5) is 0 Å². The third-order valence-corrected chi connectivity index (χ3v) is 4.12. The van der Waals surface area contributed by atoms with E-state index in [0.717, 1.165) is 5.56 Å². The van der Waals surface area contributed by atoms with Crippen LogP contribution in [0.2, 0.25) is 0 Å². The molecule has 0 bridgehead atoms. The number of aliphatic carboxylic acids is 1. The Labute approximate surface area is 107 Å². The standard InChI is InChI=1S/C12H17NO4S/c1-8(2)10-4-6-11(7-5-10)18(16,17)13-9(3)12(14)15/h4-9,13H,1-3H3,(H,14,15)/t9-/m0/s1. The number of sulfonamides is 1. The number of rotatable bonds is 5. The molecule has 0 spiro atoms. The normalized spacial score (nSPS) is 13.6. The summed E-state index contributed by atoms with van der Waals surface area (Å²) in [5.74, 6) is -0.898. The fourth-order valence-electron chi connectivity index (χ4n) is 1.38. The van der Waals surface area contributed by atoms with E-state index in [4.69, 9.17) is 5.11 Å². The molecule has 0 radical (unpaired) electrons. The number of hydrogen-bond donors (Lipinski definition) is 2. The largest absolute Gasteiger partial charge is 0.480 e. The molecule has 0 aliphatic heterocycles. The lowest BCUT2D eigenvalue weighted by Crippen LogP contribution is -2.38. The highest BCUT2D eigenvalue weighted by atomic mass is 32.2. The maximum absolute atomic E-state index is 11.9. The van der Waals surface area contributed by atoms with Crippen LogP contribution in [-0.4, -0.2) is 25.5 Å². The van der Waals surface area contributed by atoms with Gasteiger partial charge in [-0.05, 0) is 30.5 Å². The van der Waals surface area contributed by atoms with Crippen LogP contribution in [0.5, 0.6) is 0 Å². The van der Waals surface area contributed by atoms with Crippen LogP contribution in [0.1, 0.15) is 32.3 Å². The zero-order valence-electron chi connectivity index (χ0n) is 10.5. The lowest BCUT2D eigenvalue weighted by atomic mass is 10.0. The minimum Gasteiger partial charge on any atom is -0.480 e. The van der Waals surface area contributed by atoms with Gasteiger partial charge in [-0.15, -0.1) is 0 Å². The Morgan fingerprint density at radius 2 is 1.67 bits per heavy atom. The van der Waals surface area contributed by atoms with E-state index in [1.165, 1.54) is 19.1 Å². The molecule has 0 aliphatic rings. The topological polar surface area (TPSA) is 83.5 Å². The van der Waals surface area contributed by atoms with E-state index in [2.05, 4.69) is 4.72 Å². The van der Waals surface area contributed by atoms with Crippen LogP contribution in [-0.2, 0) is 14.8 Å². The van der Waals surface area contributed by atoms with Crippen molar-refractivity contribution in [2.24, 2.45) is 0 Å². The van der Waals surface area contributed by atoms with E-state index in [-0.39, 0.29) is 4.90 Å². The number of hydrogen-bond acceptors (Lipinski definition) is 3. The van der Waals surface area contributed by atoms with Crippen molar-refractivity contribution in [3.8, 4) is 0 Å². The Balaban J connectivity index is 2.95. The zero-order valence-corrected chi connectivity index (χ0v) is 11.4. The summed E-state index contributed by atoms with van der Waals surface area (Å²) in [7, 11) is -3.78. The summed E-state index contributed by atoms with van der Waals surface area (Å²) in [5.41, 5.74) is 1.03. The van der Waals surface area contributed by atoms with Gasteiger partial charge in [0.25, 0.3) is 0 Å². The molecular weight excluding hydrogens is 254 g/mol. The van der Waals surface area contributed by atoms with E-state index >= 15 is 0 Å². The summed E-state index contributed by atoms with van der Waals surface area (Å²) in [6.07, 6.45) is 0. The van der Waals surface area contributed by atoms with Crippen molar-refractivity contribution >= 4 is 16.0 Å². The summed E-state index contributed by atoms with van der Waals surface area (Å²) in [5, 5.41) is 8.68. The number of carbonyl (C=O) groups is 1. The van der Waals surface area contributed by atoms with Gasteiger partial charge in [0, 0.05) is 0 Å². The lowest BCUT2D eigenvalue weighted by molar-refractivity contribution is -0.138. The third kappa shape index (κ3) is 3.54. The number of carboxylic acid groups (broad SMARTS) is 1. The van der Waals surface area contributed by atoms with Gasteiger partial charge >= 0.3 is 5.97 Å². The average molecular weight is 271 g/mol. The maximum atomic E-state index is 11.9.